The van der Waals surface area contributed by atoms with Gasteiger partial charge in [0, 0.05) is 30.1 Å². The van der Waals surface area contributed by atoms with Crippen molar-refractivity contribution in [3.8, 4) is 0 Å². The number of amides is 2. The maximum atomic E-state index is 13.3. The predicted octanol–water partition coefficient (Wildman–Crippen LogP) is 3.29. The lowest BCUT2D eigenvalue weighted by Crippen LogP contribution is -2.37. The molecule has 1 atom stereocenters. The monoisotopic (exact) mass is 372 g/mol. The van der Waals surface area contributed by atoms with E-state index in [0.29, 0.717) is 18.8 Å². The van der Waals surface area contributed by atoms with E-state index in [2.05, 4.69) is 5.32 Å². The normalized spacial score (nSPS) is 18.4. The molecule has 27 heavy (non-hydrogen) atoms. The maximum Gasteiger partial charge on any atom is 0.256 e. The summed E-state index contributed by atoms with van der Waals surface area (Å²) in [6.07, 6.45) is 1.93. The first-order valence-electron chi connectivity index (χ1n) is 8.85. The van der Waals surface area contributed by atoms with Crippen LogP contribution in [0.3, 0.4) is 0 Å². The minimum absolute atomic E-state index is 0.0155. The molecule has 2 aromatic carbocycles. The first-order valence-corrected chi connectivity index (χ1v) is 8.85. The lowest BCUT2D eigenvalue weighted by molar-refractivity contribution is -0.127. The molecule has 0 aromatic heterocycles. The van der Waals surface area contributed by atoms with Crippen LogP contribution in [0, 0.1) is 11.6 Å². The number of anilines is 2. The van der Waals surface area contributed by atoms with E-state index in [1.54, 1.807) is 17.0 Å². The van der Waals surface area contributed by atoms with Gasteiger partial charge < -0.3 is 15.0 Å². The van der Waals surface area contributed by atoms with E-state index < -0.39 is 23.6 Å². The minimum atomic E-state index is -1.08. The van der Waals surface area contributed by atoms with Crippen LogP contribution in [0.15, 0.2) is 36.4 Å². The zero-order valence-electron chi connectivity index (χ0n) is 14.5. The third-order valence-electron chi connectivity index (χ3n) is 4.89. The molecule has 1 saturated heterocycles. The molecule has 2 heterocycles. The van der Waals surface area contributed by atoms with Crippen LogP contribution in [0.4, 0.5) is 20.2 Å². The van der Waals surface area contributed by atoms with Crippen LogP contribution in [-0.2, 0) is 16.0 Å². The summed E-state index contributed by atoms with van der Waals surface area (Å²) >= 11 is 0. The van der Waals surface area contributed by atoms with Crippen molar-refractivity contribution in [2.75, 3.05) is 23.4 Å². The van der Waals surface area contributed by atoms with Crippen molar-refractivity contribution in [1.29, 1.82) is 0 Å². The van der Waals surface area contributed by atoms with Gasteiger partial charge in [-0.15, -0.1) is 0 Å². The van der Waals surface area contributed by atoms with Crippen molar-refractivity contribution in [1.82, 2.24) is 0 Å². The molecule has 2 amide bonds. The molecule has 0 saturated carbocycles. The molecule has 2 aliphatic heterocycles. The van der Waals surface area contributed by atoms with Crippen LogP contribution in [0.5, 0.6) is 0 Å². The number of halogens is 2. The van der Waals surface area contributed by atoms with Crippen molar-refractivity contribution < 1.29 is 23.1 Å². The number of carbonyl (C=O) groups excluding carboxylic acids is 2. The second-order valence-corrected chi connectivity index (χ2v) is 6.67. The summed E-state index contributed by atoms with van der Waals surface area (Å²) in [5.41, 5.74) is 2.27. The number of rotatable bonds is 3. The van der Waals surface area contributed by atoms with Gasteiger partial charge in [0.15, 0.2) is 11.6 Å². The van der Waals surface area contributed by atoms with E-state index in [0.717, 1.165) is 42.6 Å². The lowest BCUT2D eigenvalue weighted by Gasteiger charge is -2.21. The highest BCUT2D eigenvalue weighted by molar-refractivity contribution is 6.05. The van der Waals surface area contributed by atoms with Gasteiger partial charge in [-0.1, -0.05) is 6.07 Å². The summed E-state index contributed by atoms with van der Waals surface area (Å²) < 4.78 is 31.9. The summed E-state index contributed by atoms with van der Waals surface area (Å²) in [4.78, 5) is 26.7. The number of hydrogen-bond acceptors (Lipinski definition) is 3. The van der Waals surface area contributed by atoms with Crippen LogP contribution in [0.2, 0.25) is 0 Å². The van der Waals surface area contributed by atoms with Crippen molar-refractivity contribution in [2.45, 2.75) is 25.4 Å². The minimum Gasteiger partial charge on any atom is -0.368 e. The molecule has 1 N–H and O–H groups in total. The Morgan fingerprint density at radius 3 is 2.70 bits per heavy atom. The Kier molecular flexibility index (Phi) is 4.61. The Morgan fingerprint density at radius 2 is 1.96 bits per heavy atom. The summed E-state index contributed by atoms with van der Waals surface area (Å²) in [5.74, 6) is -2.70. The lowest BCUT2D eigenvalue weighted by atomic mass is 10.1. The van der Waals surface area contributed by atoms with Gasteiger partial charge in [-0.25, -0.2) is 8.78 Å². The molecule has 0 unspecified atom stereocenters. The molecular weight excluding hydrogens is 354 g/mol. The summed E-state index contributed by atoms with van der Waals surface area (Å²) in [7, 11) is 0. The molecule has 140 valence electrons. The number of nitrogens with one attached hydrogen (secondary N) is 1. The van der Waals surface area contributed by atoms with Gasteiger partial charge >= 0.3 is 0 Å². The van der Waals surface area contributed by atoms with Crippen LogP contribution in [0.1, 0.15) is 28.8 Å². The molecule has 1 fully saturated rings. The van der Waals surface area contributed by atoms with E-state index in [9.17, 15) is 18.4 Å². The SMILES string of the molecule is O=C(Nc1ccc2c(c1)N(C(=O)[C@@H]1CCCO1)CC2)c1ccc(F)c(F)c1. The largest absolute Gasteiger partial charge is 0.368 e. The molecule has 0 aliphatic carbocycles. The topological polar surface area (TPSA) is 58.6 Å². The van der Waals surface area contributed by atoms with E-state index in [1.165, 1.54) is 6.07 Å². The Balaban J connectivity index is 1.53. The first kappa shape index (κ1) is 17.6. The molecule has 7 heteroatoms. The second-order valence-electron chi connectivity index (χ2n) is 6.67. The number of fused-ring (bicyclic) bond motifs is 1. The molecule has 5 nitrogen and oxygen atoms in total. The number of ether oxygens (including phenoxy) is 1. The maximum absolute atomic E-state index is 13.3. The van der Waals surface area contributed by atoms with Gasteiger partial charge in [-0.05, 0) is 55.2 Å². The molecular formula is C20H18F2N2O3. The Morgan fingerprint density at radius 1 is 1.11 bits per heavy atom. The van der Waals surface area contributed by atoms with Gasteiger partial charge in [0.2, 0.25) is 0 Å². The van der Waals surface area contributed by atoms with Crippen molar-refractivity contribution in [3.05, 3.63) is 59.2 Å². The fourth-order valence-electron chi connectivity index (χ4n) is 3.47. The second kappa shape index (κ2) is 7.08. The summed E-state index contributed by atoms with van der Waals surface area (Å²) in [6.45, 7) is 1.18. The molecule has 2 aliphatic rings. The van der Waals surface area contributed by atoms with Crippen molar-refractivity contribution in [2.24, 2.45) is 0 Å². The number of benzene rings is 2. The highest BCUT2D eigenvalue weighted by Crippen LogP contribution is 2.32. The summed E-state index contributed by atoms with van der Waals surface area (Å²) in [6, 6.07) is 8.30. The number of hydrogen-bond donors (Lipinski definition) is 1. The standard InChI is InChI=1S/C20H18F2N2O3/c21-15-6-4-13(10-16(15)22)19(25)23-14-5-3-12-7-8-24(17(12)11-14)20(26)18-2-1-9-27-18/h3-6,10-11,18H,1-2,7-9H2,(H,23,25)/t18-/m0/s1. The van der Waals surface area contributed by atoms with Gasteiger partial charge in [0.25, 0.3) is 11.8 Å². The molecule has 2 aromatic rings. The quantitative estimate of drug-likeness (QED) is 0.900. The van der Waals surface area contributed by atoms with Crippen LogP contribution >= 0.6 is 0 Å². The molecule has 0 bridgehead atoms. The van der Waals surface area contributed by atoms with Gasteiger partial charge in [-0.3, -0.25) is 9.59 Å². The van der Waals surface area contributed by atoms with Crippen LogP contribution in [0.25, 0.3) is 0 Å². The van der Waals surface area contributed by atoms with Crippen LogP contribution < -0.4 is 10.2 Å². The molecule has 4 rings (SSSR count). The van der Waals surface area contributed by atoms with Gasteiger partial charge in [-0.2, -0.15) is 0 Å². The average molecular weight is 372 g/mol. The van der Waals surface area contributed by atoms with Crippen molar-refractivity contribution >= 4 is 23.2 Å². The zero-order valence-corrected chi connectivity index (χ0v) is 14.5. The fourth-order valence-corrected chi connectivity index (χ4v) is 3.47. The van der Waals surface area contributed by atoms with E-state index in [4.69, 9.17) is 4.74 Å². The van der Waals surface area contributed by atoms with E-state index in [1.807, 2.05) is 6.07 Å². The highest BCUT2D eigenvalue weighted by atomic mass is 19.2. The van der Waals surface area contributed by atoms with Gasteiger partial charge in [0.1, 0.15) is 6.10 Å². The zero-order chi connectivity index (χ0) is 19.0. The summed E-state index contributed by atoms with van der Waals surface area (Å²) in [5, 5.41) is 2.67. The Hall–Kier alpha value is -2.80. The first-order chi connectivity index (χ1) is 13.0. The third kappa shape index (κ3) is 3.42. The smallest absolute Gasteiger partial charge is 0.256 e. The van der Waals surface area contributed by atoms with E-state index in [-0.39, 0.29) is 11.5 Å². The average Bonchev–Trinajstić information content (AvgIpc) is 3.33. The van der Waals surface area contributed by atoms with Gasteiger partial charge in [0.05, 0.1) is 0 Å². The van der Waals surface area contributed by atoms with Crippen molar-refractivity contribution in [3.63, 3.8) is 0 Å². The highest BCUT2D eigenvalue weighted by Gasteiger charge is 2.32. The molecule has 0 spiro atoms. The molecule has 0 radical (unpaired) electrons. The number of carbonyl (C=O) groups is 2. The third-order valence-corrected chi connectivity index (χ3v) is 4.89. The van der Waals surface area contributed by atoms with E-state index >= 15 is 0 Å². The Bertz CT molecular complexity index is 910. The fraction of sp³-hybridized carbons (Fsp3) is 0.300. The Labute approximate surface area is 154 Å². The predicted molar refractivity (Wildman–Crippen MR) is 95.8 cm³/mol. The van der Waals surface area contributed by atoms with Crippen LogP contribution in [-0.4, -0.2) is 31.1 Å². The number of nitrogens with zero attached hydrogens (tertiary/aromatic N) is 1.